The number of rotatable bonds is 6. The topological polar surface area (TPSA) is 89.5 Å². The van der Waals surface area contributed by atoms with Crippen LogP contribution in [0.5, 0.6) is 5.75 Å². The number of nitrogens with one attached hydrogen (secondary N) is 1. The summed E-state index contributed by atoms with van der Waals surface area (Å²) in [6, 6.07) is 13.5. The van der Waals surface area contributed by atoms with Gasteiger partial charge in [0.1, 0.15) is 18.3 Å². The highest BCUT2D eigenvalue weighted by Gasteiger charge is 2.42. The van der Waals surface area contributed by atoms with Crippen LogP contribution in [0.25, 0.3) is 0 Å². The van der Waals surface area contributed by atoms with Gasteiger partial charge < -0.3 is 24.8 Å². The van der Waals surface area contributed by atoms with Crippen molar-refractivity contribution in [2.24, 2.45) is 0 Å². The molecule has 1 aliphatic heterocycles. The van der Waals surface area contributed by atoms with Crippen molar-refractivity contribution in [1.82, 2.24) is 0 Å². The number of likely N-dealkylation sites (tertiary alicyclic amines) is 1. The molecule has 0 saturated carbocycles. The summed E-state index contributed by atoms with van der Waals surface area (Å²) >= 11 is 0. The summed E-state index contributed by atoms with van der Waals surface area (Å²) in [5.74, 6) is -2.58. The van der Waals surface area contributed by atoms with Gasteiger partial charge in [0.05, 0.1) is 13.1 Å². The summed E-state index contributed by atoms with van der Waals surface area (Å²) < 4.78 is 32.3. The number of carboxylic acid groups (broad SMARTS) is 1. The summed E-state index contributed by atoms with van der Waals surface area (Å²) in [7, 11) is 0. The number of piperidine rings is 1. The average Bonchev–Trinajstić information content (AvgIpc) is 2.79. The number of quaternary nitrogens is 1. The van der Waals surface area contributed by atoms with E-state index in [9.17, 15) is 23.1 Å². The average molecular weight is 495 g/mol. The van der Waals surface area contributed by atoms with E-state index in [4.69, 9.17) is 9.90 Å². The maximum atomic E-state index is 13.4. The minimum absolute atomic E-state index is 0.0946. The molecule has 6 nitrogen and oxygen atoms in total. The van der Waals surface area contributed by atoms with E-state index in [1.807, 2.05) is 50.2 Å². The van der Waals surface area contributed by atoms with E-state index in [2.05, 4.69) is 12.2 Å². The van der Waals surface area contributed by atoms with Crippen LogP contribution in [0.1, 0.15) is 49.3 Å². The number of phenols is 1. The molecule has 0 bridgehead atoms. The number of carbonyl (C=O) groups is 2. The smallest absolute Gasteiger partial charge is 0.430 e. The second kappa shape index (κ2) is 12.1. The first-order valence-corrected chi connectivity index (χ1v) is 11.7. The Bertz CT molecular complexity index is 998. The largest absolute Gasteiger partial charge is 0.542 e. The highest BCUT2D eigenvalue weighted by atomic mass is 19.4. The van der Waals surface area contributed by atoms with E-state index in [-0.39, 0.29) is 11.9 Å². The number of nitrogens with zero attached hydrogens (tertiary/aromatic N) is 1. The zero-order valence-corrected chi connectivity index (χ0v) is 20.3. The second-order valence-electron chi connectivity index (χ2n) is 8.98. The molecular formula is C26H33F3N2O4. The van der Waals surface area contributed by atoms with Crippen LogP contribution in [0.3, 0.4) is 0 Å². The molecule has 1 saturated heterocycles. The van der Waals surface area contributed by atoms with Gasteiger partial charge in [-0.3, -0.25) is 4.79 Å². The minimum atomic E-state index is -5.19. The maximum absolute atomic E-state index is 13.4. The number of amides is 1. The Hall–Kier alpha value is -3.07. The number of aromatic hydroxyl groups is 1. The molecule has 2 aromatic carbocycles. The number of aryl methyl sites for hydroxylation is 2. The minimum Gasteiger partial charge on any atom is -0.542 e. The molecule has 1 fully saturated rings. The lowest BCUT2D eigenvalue weighted by Crippen LogP contribution is -2.61. The van der Waals surface area contributed by atoms with Crippen LogP contribution >= 0.6 is 0 Å². The van der Waals surface area contributed by atoms with Crippen molar-refractivity contribution in [1.29, 1.82) is 0 Å². The summed E-state index contributed by atoms with van der Waals surface area (Å²) in [6.07, 6.45) is -0.943. The third-order valence-electron chi connectivity index (χ3n) is 6.50. The number of aliphatic carboxylic acids is 1. The van der Waals surface area contributed by atoms with E-state index in [1.165, 1.54) is 6.42 Å². The van der Waals surface area contributed by atoms with Gasteiger partial charge in [0.2, 0.25) is 0 Å². The van der Waals surface area contributed by atoms with Gasteiger partial charge in [-0.1, -0.05) is 37.3 Å². The molecule has 1 amide bonds. The number of carbonyl (C=O) groups excluding carboxylic acids is 2. The number of hydrogen-bond donors (Lipinski definition) is 2. The molecule has 1 heterocycles. The maximum Gasteiger partial charge on any atom is 0.430 e. The number of carboxylic acids is 1. The van der Waals surface area contributed by atoms with Crippen LogP contribution in [0.15, 0.2) is 42.5 Å². The fourth-order valence-electron chi connectivity index (χ4n) is 4.75. The first-order chi connectivity index (χ1) is 16.4. The summed E-state index contributed by atoms with van der Waals surface area (Å²) in [5.41, 5.74) is 4.05. The Kier molecular flexibility index (Phi) is 9.71. The number of halogens is 3. The summed E-state index contributed by atoms with van der Waals surface area (Å²) in [5, 5.41) is 22.4. The standard InChI is InChI=1S/C24H32N2O2.C2HF3O2/c1-4-21(24(28)25-23-18(2)11-10-12-19(23)3)26(15-8-5-9-16-26)17-20-13-6-7-14-22(20)27;3-2(4,5)1(6)7/h6-7,10-14,21H,4-5,8-9,15-17H2,1-3H3,(H-,25,27,28);(H,6,7). The van der Waals surface area contributed by atoms with Crippen molar-refractivity contribution in [3.05, 3.63) is 59.2 Å². The molecule has 9 heteroatoms. The third kappa shape index (κ3) is 7.45. The third-order valence-corrected chi connectivity index (χ3v) is 6.50. The molecule has 192 valence electrons. The molecule has 1 aliphatic rings. The van der Waals surface area contributed by atoms with E-state index in [0.29, 0.717) is 12.3 Å². The molecule has 1 atom stereocenters. The van der Waals surface area contributed by atoms with Gasteiger partial charge in [0.25, 0.3) is 5.91 Å². The normalized spacial score (nSPS) is 15.9. The van der Waals surface area contributed by atoms with Crippen molar-refractivity contribution < 1.29 is 37.5 Å². The predicted octanol–water partition coefficient (Wildman–Crippen LogP) is 4.23. The number of para-hydroxylation sites is 2. The Morgan fingerprint density at radius 2 is 1.57 bits per heavy atom. The van der Waals surface area contributed by atoms with Crippen LogP contribution < -0.4 is 10.4 Å². The molecule has 0 radical (unpaired) electrons. The molecule has 0 aliphatic carbocycles. The Morgan fingerprint density at radius 1 is 1.03 bits per heavy atom. The van der Waals surface area contributed by atoms with Gasteiger partial charge in [-0.2, -0.15) is 13.2 Å². The lowest BCUT2D eigenvalue weighted by atomic mass is 9.98. The predicted molar refractivity (Wildman–Crippen MR) is 125 cm³/mol. The number of anilines is 1. The molecule has 1 unspecified atom stereocenters. The molecule has 35 heavy (non-hydrogen) atoms. The molecule has 0 spiro atoms. The van der Waals surface area contributed by atoms with Gasteiger partial charge in [-0.05, 0) is 56.4 Å². The number of hydrogen-bond acceptors (Lipinski definition) is 4. The van der Waals surface area contributed by atoms with Crippen molar-refractivity contribution in [2.45, 2.75) is 65.2 Å². The molecule has 0 aromatic heterocycles. The number of benzene rings is 2. The lowest BCUT2D eigenvalue weighted by Gasteiger charge is -2.46. The fourth-order valence-corrected chi connectivity index (χ4v) is 4.75. The zero-order chi connectivity index (χ0) is 26.2. The SMILES string of the molecule is CCC(C(=O)Nc1c(C)cccc1C)[N+]1(Cc2ccccc2O)CCCCC1.O=C([O-])C(F)(F)F. The van der Waals surface area contributed by atoms with Crippen LogP contribution in [0, 0.1) is 13.8 Å². The van der Waals surface area contributed by atoms with Crippen molar-refractivity contribution >= 4 is 17.6 Å². The lowest BCUT2D eigenvalue weighted by molar-refractivity contribution is -0.959. The van der Waals surface area contributed by atoms with Gasteiger partial charge in [0, 0.05) is 17.7 Å². The monoisotopic (exact) mass is 494 g/mol. The highest BCUT2D eigenvalue weighted by molar-refractivity contribution is 5.95. The fraction of sp³-hybridized carbons (Fsp3) is 0.462. The molecule has 3 rings (SSSR count). The quantitative estimate of drug-likeness (QED) is 0.589. The highest BCUT2D eigenvalue weighted by Crippen LogP contribution is 2.32. The summed E-state index contributed by atoms with van der Waals surface area (Å²) in [4.78, 5) is 22.2. The number of alkyl halides is 3. The van der Waals surface area contributed by atoms with E-state index >= 15 is 0 Å². The van der Waals surface area contributed by atoms with E-state index in [1.54, 1.807) is 6.07 Å². The van der Waals surface area contributed by atoms with Crippen LogP contribution in [-0.4, -0.2) is 46.8 Å². The first-order valence-electron chi connectivity index (χ1n) is 11.7. The van der Waals surface area contributed by atoms with E-state index < -0.39 is 12.1 Å². The summed E-state index contributed by atoms with van der Waals surface area (Å²) in [6.45, 7) is 8.84. The first kappa shape index (κ1) is 28.2. The molecular weight excluding hydrogens is 461 g/mol. The zero-order valence-electron chi connectivity index (χ0n) is 20.3. The van der Waals surface area contributed by atoms with Crippen LogP contribution in [-0.2, 0) is 16.1 Å². The van der Waals surface area contributed by atoms with Gasteiger partial charge >= 0.3 is 6.18 Å². The van der Waals surface area contributed by atoms with E-state index in [0.717, 1.165) is 59.2 Å². The van der Waals surface area contributed by atoms with Gasteiger partial charge in [-0.25, -0.2) is 0 Å². The molecule has 2 N–H and O–H groups in total. The van der Waals surface area contributed by atoms with Gasteiger partial charge in [-0.15, -0.1) is 0 Å². The Labute approximate surface area is 204 Å². The Morgan fingerprint density at radius 3 is 2.06 bits per heavy atom. The van der Waals surface area contributed by atoms with Crippen molar-refractivity contribution in [3.63, 3.8) is 0 Å². The van der Waals surface area contributed by atoms with Crippen molar-refractivity contribution in [2.75, 3.05) is 18.4 Å². The number of phenolic OH excluding ortho intramolecular Hbond substituents is 1. The second-order valence-corrected chi connectivity index (χ2v) is 8.98. The van der Waals surface area contributed by atoms with Crippen molar-refractivity contribution in [3.8, 4) is 5.75 Å². The van der Waals surface area contributed by atoms with Gasteiger partial charge in [0.15, 0.2) is 6.04 Å². The van der Waals surface area contributed by atoms with Crippen LogP contribution in [0.2, 0.25) is 0 Å². The van der Waals surface area contributed by atoms with Crippen LogP contribution in [0.4, 0.5) is 18.9 Å². The molecule has 2 aromatic rings. The Balaban J connectivity index is 0.000000540.